The van der Waals surface area contributed by atoms with Crippen LogP contribution in [0.5, 0.6) is 0 Å². The fourth-order valence-electron chi connectivity index (χ4n) is 16.0. The summed E-state index contributed by atoms with van der Waals surface area (Å²) in [5, 5.41) is 9.78. The van der Waals surface area contributed by atoms with E-state index in [9.17, 15) is 0 Å². The minimum absolute atomic E-state index is 0.0510. The molecule has 0 saturated carbocycles. The molecule has 0 amide bonds. The van der Waals surface area contributed by atoms with Crippen molar-refractivity contribution in [1.29, 1.82) is 0 Å². The van der Waals surface area contributed by atoms with E-state index in [0.29, 0.717) is 0 Å². The predicted molar refractivity (Wildman–Crippen MR) is 340 cm³/mol. The van der Waals surface area contributed by atoms with E-state index in [1.54, 1.807) is 0 Å². The van der Waals surface area contributed by atoms with Crippen LogP contribution >= 0.6 is 11.3 Å². The van der Waals surface area contributed by atoms with E-state index >= 15 is 0 Å². The molecule has 2 nitrogen and oxygen atoms in total. The Bertz CT molecular complexity index is 4340. The lowest BCUT2D eigenvalue weighted by atomic mass is 9.57. The molecule has 0 atom stereocenters. The van der Waals surface area contributed by atoms with Gasteiger partial charge in [0.1, 0.15) is 0 Å². The van der Waals surface area contributed by atoms with Crippen LogP contribution < -0.4 is 16.2 Å². The van der Waals surface area contributed by atoms with Gasteiger partial charge >= 0.3 is 0 Å². The number of thiophene rings is 1. The second-order valence-corrected chi connectivity index (χ2v) is 30.6. The molecule has 5 aliphatic rings. The molecule has 0 radical (unpaired) electrons. The molecule has 0 spiro atoms. The van der Waals surface area contributed by atoms with E-state index in [0.717, 1.165) is 13.0 Å². The molecule has 0 bridgehead atoms. The van der Waals surface area contributed by atoms with Gasteiger partial charge in [0.2, 0.25) is 0 Å². The highest BCUT2D eigenvalue weighted by Crippen LogP contribution is 2.59. The molecule has 78 heavy (non-hydrogen) atoms. The summed E-state index contributed by atoms with van der Waals surface area (Å²) in [6.07, 6.45) is 4.75. The summed E-state index contributed by atoms with van der Waals surface area (Å²) >= 11 is 2.01. The Labute approximate surface area is 467 Å². The topological polar surface area (TPSA) is 17.0 Å². The fraction of sp³-hybridized carbons (Fsp3) is 0.351. The van der Waals surface area contributed by atoms with Gasteiger partial charge in [0, 0.05) is 64.4 Å². The van der Waals surface area contributed by atoms with Crippen LogP contribution in [0.25, 0.3) is 81.0 Å². The van der Waals surface area contributed by atoms with Gasteiger partial charge in [-0.05, 0) is 191 Å². The van der Waals surface area contributed by atoms with Crippen LogP contribution in [0.3, 0.4) is 0 Å². The van der Waals surface area contributed by atoms with Crippen molar-refractivity contribution in [3.8, 4) is 39.1 Å². The van der Waals surface area contributed by atoms with Crippen molar-refractivity contribution in [1.82, 2.24) is 4.57 Å². The lowest BCUT2D eigenvalue weighted by Crippen LogP contribution is -2.38. The Hall–Kier alpha value is -6.36. The number of nitrogens with one attached hydrogen (secondary N) is 1. The van der Waals surface area contributed by atoms with Gasteiger partial charge < -0.3 is 9.88 Å². The van der Waals surface area contributed by atoms with Crippen molar-refractivity contribution in [2.75, 3.05) is 5.32 Å². The van der Waals surface area contributed by atoms with E-state index in [-0.39, 0.29) is 37.9 Å². The molecule has 10 aromatic rings. The number of fused-ring (bicyclic) bond motifs is 17. The Kier molecular flexibility index (Phi) is 9.56. The molecular formula is C74H75BN2S. The molecule has 1 N–H and O–H groups in total. The van der Waals surface area contributed by atoms with Crippen LogP contribution in [-0.4, -0.2) is 11.8 Å². The third-order valence-electron chi connectivity index (χ3n) is 21.1. The van der Waals surface area contributed by atoms with Crippen LogP contribution in [0.15, 0.2) is 121 Å². The average molecular weight is 1040 g/mol. The van der Waals surface area contributed by atoms with Gasteiger partial charge in [-0.3, -0.25) is 0 Å². The number of nitrogens with zero attached hydrogens (tertiary/aromatic N) is 1. The van der Waals surface area contributed by atoms with Crippen LogP contribution in [-0.2, 0) is 37.9 Å². The SMILES string of the molecule is CC(C)(C)c1ccc(Nc2cc3c(cc2-c2c4c5c(c6cc7c(cc6n5-c5cc6c(cc5B4)C(C)(C)c4ccccc4-6)C(C)(C)CCC7(C)C)c4sc5ccccc5c24)C(C)(C)c2cc4c(cc2-3)C(C)(C)CCC4(C)C)cc1. The van der Waals surface area contributed by atoms with E-state index < -0.39 is 0 Å². The lowest BCUT2D eigenvalue weighted by molar-refractivity contribution is 0.331. The smallest absolute Gasteiger partial charge is 0.198 e. The van der Waals surface area contributed by atoms with E-state index in [1.807, 2.05) is 11.3 Å². The second-order valence-electron chi connectivity index (χ2n) is 29.5. The highest BCUT2D eigenvalue weighted by molar-refractivity contribution is 7.27. The van der Waals surface area contributed by atoms with Crippen molar-refractivity contribution >= 4 is 82.9 Å². The van der Waals surface area contributed by atoms with Crippen molar-refractivity contribution in [2.24, 2.45) is 0 Å². The normalized spacial score (nSPS) is 19.0. The van der Waals surface area contributed by atoms with Crippen LogP contribution in [0, 0.1) is 0 Å². The van der Waals surface area contributed by atoms with Crippen molar-refractivity contribution in [3.05, 3.63) is 171 Å². The molecule has 390 valence electrons. The molecule has 8 aromatic carbocycles. The van der Waals surface area contributed by atoms with Gasteiger partial charge in [-0.1, -0.05) is 176 Å². The number of hydrogen-bond donors (Lipinski definition) is 1. The summed E-state index contributed by atoms with van der Waals surface area (Å²) in [5.74, 6) is 0. The number of anilines is 2. The first kappa shape index (κ1) is 48.7. The summed E-state index contributed by atoms with van der Waals surface area (Å²) in [5.41, 5.74) is 30.6. The fourth-order valence-corrected chi connectivity index (χ4v) is 17.3. The molecule has 3 heterocycles. The first-order valence-electron chi connectivity index (χ1n) is 29.3. The maximum atomic E-state index is 4.22. The number of aromatic nitrogens is 1. The summed E-state index contributed by atoms with van der Waals surface area (Å²) in [6.45, 7) is 36.8. The molecule has 4 aliphatic carbocycles. The van der Waals surface area contributed by atoms with Gasteiger partial charge in [0.15, 0.2) is 7.28 Å². The summed E-state index contributed by atoms with van der Waals surface area (Å²) in [6, 6.07) is 49.0. The monoisotopic (exact) mass is 1030 g/mol. The minimum atomic E-state index is -0.225. The maximum Gasteiger partial charge on any atom is 0.198 e. The van der Waals surface area contributed by atoms with Gasteiger partial charge in [-0.15, -0.1) is 11.3 Å². The van der Waals surface area contributed by atoms with Crippen LogP contribution in [0.1, 0.15) is 180 Å². The number of rotatable bonds is 3. The molecule has 15 rings (SSSR count). The first-order valence-corrected chi connectivity index (χ1v) is 30.1. The Balaban J connectivity index is 1.10. The highest BCUT2D eigenvalue weighted by Gasteiger charge is 2.45. The molecule has 1 aliphatic heterocycles. The molecule has 0 unspecified atom stereocenters. The quantitative estimate of drug-likeness (QED) is 0.175. The molecule has 0 saturated heterocycles. The minimum Gasteiger partial charge on any atom is -0.355 e. The zero-order chi connectivity index (χ0) is 54.3. The zero-order valence-electron chi connectivity index (χ0n) is 48.9. The third kappa shape index (κ3) is 6.45. The van der Waals surface area contributed by atoms with Gasteiger partial charge in [0.25, 0.3) is 0 Å². The zero-order valence-corrected chi connectivity index (χ0v) is 49.8. The van der Waals surface area contributed by atoms with Crippen molar-refractivity contribution in [2.45, 2.75) is 167 Å². The van der Waals surface area contributed by atoms with E-state index in [4.69, 9.17) is 0 Å². The Morgan fingerprint density at radius 1 is 0.487 bits per heavy atom. The molecule has 2 aromatic heterocycles. The average Bonchev–Trinajstić information content (AvgIpc) is 3.15. The standard InChI is InChI=1S/C74H75BN2S/c1-68(2,3)40-24-26-41(27-25-40)76-58-35-45-44-32-53-55(71(8,9)30-28-69(53,4)5)37-51(44)74(14,15)50(45)33-47(58)62-63-43-21-17-19-23-61(43)78-67(63)64-48-34-54-56(72(10,11)31-29-70(54,6)7)39-59(48)77-60-36-46-42-20-16-18-22-49(42)73(12,13)52(46)38-57(60)75-65(62)66(64)77/h16-27,32-39,75-76H,28-31H2,1-15H3. The predicted octanol–water partition coefficient (Wildman–Crippen LogP) is 18.9. The highest BCUT2D eigenvalue weighted by atomic mass is 32.1. The van der Waals surface area contributed by atoms with E-state index in [2.05, 4.69) is 235 Å². The van der Waals surface area contributed by atoms with Gasteiger partial charge in [-0.2, -0.15) is 0 Å². The maximum absolute atomic E-state index is 4.22. The van der Waals surface area contributed by atoms with Gasteiger partial charge in [-0.25, -0.2) is 0 Å². The van der Waals surface area contributed by atoms with Crippen LogP contribution in [0.2, 0.25) is 0 Å². The van der Waals surface area contributed by atoms with Crippen molar-refractivity contribution < 1.29 is 0 Å². The molecule has 0 fully saturated rings. The van der Waals surface area contributed by atoms with Gasteiger partial charge in [0.05, 0.1) is 11.0 Å². The lowest BCUT2D eigenvalue weighted by Gasteiger charge is -2.42. The summed E-state index contributed by atoms with van der Waals surface area (Å²) < 4.78 is 5.52. The molecule has 4 heteroatoms. The number of hydrogen-bond acceptors (Lipinski definition) is 2. The summed E-state index contributed by atoms with van der Waals surface area (Å²) in [4.78, 5) is 0. The number of benzene rings is 8. The largest absolute Gasteiger partial charge is 0.355 e. The Morgan fingerprint density at radius 2 is 1.04 bits per heavy atom. The van der Waals surface area contributed by atoms with E-state index in [1.165, 1.54) is 173 Å². The second kappa shape index (κ2) is 15.3. The first-order chi connectivity index (χ1) is 36.8. The van der Waals surface area contributed by atoms with Crippen LogP contribution in [0.4, 0.5) is 11.4 Å². The third-order valence-corrected chi connectivity index (χ3v) is 22.3. The van der Waals surface area contributed by atoms with Crippen molar-refractivity contribution in [3.63, 3.8) is 0 Å². The summed E-state index contributed by atoms with van der Waals surface area (Å²) in [7, 11) is 0.839. The Morgan fingerprint density at radius 3 is 1.73 bits per heavy atom. The molecular weight excluding hydrogens is 960 g/mol.